The van der Waals surface area contributed by atoms with E-state index in [-0.39, 0.29) is 37.0 Å². The molecule has 0 radical (unpaired) electrons. The van der Waals surface area contributed by atoms with E-state index in [1.807, 2.05) is 13.8 Å². The van der Waals surface area contributed by atoms with Crippen molar-refractivity contribution in [1.82, 2.24) is 10.6 Å². The molecule has 1 aromatic rings. The molecule has 0 bridgehead atoms. The van der Waals surface area contributed by atoms with Gasteiger partial charge in [0, 0.05) is 17.7 Å². The summed E-state index contributed by atoms with van der Waals surface area (Å²) in [7, 11) is 0. The molecule has 42 heavy (non-hydrogen) atoms. The van der Waals surface area contributed by atoms with Crippen LogP contribution in [-0.4, -0.2) is 42.3 Å². The average molecular weight is 589 g/mol. The first-order valence-electron chi connectivity index (χ1n) is 16.5. The molecular formula is C35H60N2O5. The summed E-state index contributed by atoms with van der Waals surface area (Å²) < 4.78 is 11.6. The Morgan fingerprint density at radius 1 is 0.952 bits per heavy atom. The number of hydrogen-bond donors (Lipinski definition) is 3. The van der Waals surface area contributed by atoms with Crippen molar-refractivity contribution in [2.24, 2.45) is 17.8 Å². The zero-order valence-electron chi connectivity index (χ0n) is 27.9. The van der Waals surface area contributed by atoms with E-state index in [2.05, 4.69) is 45.3 Å². The first kappa shape index (κ1) is 35.9. The number of phenols is 1. The van der Waals surface area contributed by atoms with Crippen molar-refractivity contribution in [3.63, 3.8) is 0 Å². The second-order valence-electron chi connectivity index (χ2n) is 13.5. The number of esters is 1. The number of fused-ring (bicyclic) bond motifs is 1. The first-order chi connectivity index (χ1) is 19.9. The van der Waals surface area contributed by atoms with E-state index in [0.717, 1.165) is 71.4 Å². The Labute approximate surface area is 255 Å². The third-order valence-corrected chi connectivity index (χ3v) is 9.03. The summed E-state index contributed by atoms with van der Waals surface area (Å²) in [6.45, 7) is 17.8. The monoisotopic (exact) mass is 588 g/mol. The van der Waals surface area contributed by atoms with Crippen LogP contribution in [0.4, 0.5) is 0 Å². The molecule has 3 N–H and O–H groups in total. The average Bonchev–Trinajstić information content (AvgIpc) is 2.92. The first-order valence-corrected chi connectivity index (χ1v) is 16.5. The van der Waals surface area contributed by atoms with Crippen LogP contribution in [0.3, 0.4) is 0 Å². The maximum atomic E-state index is 12.1. The highest BCUT2D eigenvalue weighted by molar-refractivity contribution is 5.83. The van der Waals surface area contributed by atoms with Crippen LogP contribution in [0.1, 0.15) is 128 Å². The minimum atomic E-state index is -0.459. The predicted octanol–water partition coefficient (Wildman–Crippen LogP) is 7.30. The molecule has 0 spiro atoms. The van der Waals surface area contributed by atoms with Crippen molar-refractivity contribution in [2.75, 3.05) is 19.7 Å². The third kappa shape index (κ3) is 11.8. The summed E-state index contributed by atoms with van der Waals surface area (Å²) in [6, 6.07) is 0. The molecule has 7 heteroatoms. The Bertz CT molecular complexity index is 1010. The molecule has 3 unspecified atom stereocenters. The van der Waals surface area contributed by atoms with E-state index in [1.54, 1.807) is 6.92 Å². The normalized spacial score (nSPS) is 17.8. The van der Waals surface area contributed by atoms with E-state index >= 15 is 0 Å². The van der Waals surface area contributed by atoms with Crippen LogP contribution in [0.15, 0.2) is 0 Å². The lowest BCUT2D eigenvalue weighted by Crippen LogP contribution is -2.38. The van der Waals surface area contributed by atoms with Gasteiger partial charge < -0.3 is 25.2 Å². The van der Waals surface area contributed by atoms with Crippen LogP contribution in [-0.2, 0) is 27.3 Å². The summed E-state index contributed by atoms with van der Waals surface area (Å²) in [4.78, 5) is 23.6. The van der Waals surface area contributed by atoms with Crippen molar-refractivity contribution in [1.29, 1.82) is 0 Å². The summed E-state index contributed by atoms with van der Waals surface area (Å²) in [5, 5.41) is 16.7. The van der Waals surface area contributed by atoms with Gasteiger partial charge in [0.1, 0.15) is 23.6 Å². The highest BCUT2D eigenvalue weighted by Gasteiger charge is 2.35. The van der Waals surface area contributed by atoms with Crippen molar-refractivity contribution < 1.29 is 24.2 Å². The number of carbonyl (C=O) groups excluding carboxylic acids is 2. The summed E-state index contributed by atoms with van der Waals surface area (Å²) in [6.07, 6.45) is 13.2. The molecule has 2 rings (SSSR count). The van der Waals surface area contributed by atoms with Crippen LogP contribution >= 0.6 is 0 Å². The Hall–Kier alpha value is -2.28. The molecule has 1 amide bonds. The van der Waals surface area contributed by atoms with Crippen LogP contribution in [0, 0.1) is 31.6 Å². The largest absolute Gasteiger partial charge is 0.507 e. The van der Waals surface area contributed by atoms with Crippen LogP contribution in [0.5, 0.6) is 11.5 Å². The van der Waals surface area contributed by atoms with Crippen molar-refractivity contribution >= 4 is 11.9 Å². The van der Waals surface area contributed by atoms with Gasteiger partial charge in [0.05, 0.1) is 13.2 Å². The SMILES string of the molecule is CCOC(=O)CNC(=O)CNCc1c(O)c(C)c(C)c2c1CCC(C)(CCCC(C)CCCC(C)CCCC(C)C)O2. The quantitative estimate of drug-likeness (QED) is 0.147. The number of nitrogens with one attached hydrogen (secondary N) is 2. The van der Waals surface area contributed by atoms with Gasteiger partial charge in [-0.15, -0.1) is 0 Å². The minimum Gasteiger partial charge on any atom is -0.507 e. The number of carbonyl (C=O) groups is 2. The summed E-state index contributed by atoms with van der Waals surface area (Å²) >= 11 is 0. The molecule has 240 valence electrons. The smallest absolute Gasteiger partial charge is 0.325 e. The van der Waals surface area contributed by atoms with E-state index in [0.29, 0.717) is 6.54 Å². The second kappa shape index (κ2) is 17.7. The van der Waals surface area contributed by atoms with Crippen LogP contribution in [0.25, 0.3) is 0 Å². The van der Waals surface area contributed by atoms with Crippen LogP contribution < -0.4 is 15.4 Å². The Balaban J connectivity index is 1.86. The fourth-order valence-electron chi connectivity index (χ4n) is 6.09. The Kier molecular flexibility index (Phi) is 15.2. The molecule has 1 aliphatic heterocycles. The fourth-order valence-corrected chi connectivity index (χ4v) is 6.09. The fraction of sp³-hybridized carbons (Fsp3) is 0.771. The molecular weight excluding hydrogens is 528 g/mol. The molecule has 7 nitrogen and oxygen atoms in total. The summed E-state index contributed by atoms with van der Waals surface area (Å²) in [5.41, 5.74) is 3.40. The lowest BCUT2D eigenvalue weighted by Gasteiger charge is -2.38. The van der Waals surface area contributed by atoms with Crippen molar-refractivity contribution in [3.05, 3.63) is 22.3 Å². The van der Waals surface area contributed by atoms with Gasteiger partial charge in [-0.05, 0) is 82.3 Å². The lowest BCUT2D eigenvalue weighted by atomic mass is 9.83. The van der Waals surface area contributed by atoms with Gasteiger partial charge in [0.15, 0.2) is 0 Å². The van der Waals surface area contributed by atoms with Gasteiger partial charge in [-0.1, -0.05) is 72.6 Å². The molecule has 1 heterocycles. The standard InChI is InChI=1S/C35H60N2O5/c1-9-41-32(39)23-37-31(38)22-36-21-30-29-18-20-35(8,42-34(29)28(7)27(6)33(30)40)19-12-17-26(5)16-11-15-25(4)14-10-13-24(2)3/h24-26,36,40H,9-23H2,1-8H3,(H,37,38). The number of ether oxygens (including phenoxy) is 2. The van der Waals surface area contributed by atoms with E-state index in [1.165, 1.54) is 44.9 Å². The van der Waals surface area contributed by atoms with Gasteiger partial charge in [-0.25, -0.2) is 0 Å². The second-order valence-corrected chi connectivity index (χ2v) is 13.5. The highest BCUT2D eigenvalue weighted by Crippen LogP contribution is 2.45. The molecule has 3 atom stereocenters. The zero-order valence-corrected chi connectivity index (χ0v) is 27.9. The number of benzene rings is 1. The molecule has 0 saturated carbocycles. The Morgan fingerprint density at radius 2 is 1.57 bits per heavy atom. The van der Waals surface area contributed by atoms with E-state index in [9.17, 15) is 14.7 Å². The molecule has 0 aliphatic carbocycles. The maximum Gasteiger partial charge on any atom is 0.325 e. The molecule has 0 saturated heterocycles. The van der Waals surface area contributed by atoms with Gasteiger partial charge in [0.25, 0.3) is 0 Å². The lowest BCUT2D eigenvalue weighted by molar-refractivity contribution is -0.143. The zero-order chi connectivity index (χ0) is 31.3. The molecule has 1 aromatic carbocycles. The maximum absolute atomic E-state index is 12.1. The topological polar surface area (TPSA) is 96.9 Å². The highest BCUT2D eigenvalue weighted by atomic mass is 16.5. The number of hydrogen-bond acceptors (Lipinski definition) is 6. The predicted molar refractivity (Wildman–Crippen MR) is 171 cm³/mol. The number of rotatable bonds is 19. The molecule has 0 aromatic heterocycles. The van der Waals surface area contributed by atoms with Gasteiger partial charge >= 0.3 is 5.97 Å². The summed E-state index contributed by atoms with van der Waals surface area (Å²) in [5.74, 6) is 2.79. The number of phenolic OH excluding ortho intramolecular Hbond substituents is 1. The Morgan fingerprint density at radius 3 is 2.19 bits per heavy atom. The van der Waals surface area contributed by atoms with Crippen LogP contribution in [0.2, 0.25) is 0 Å². The number of aromatic hydroxyl groups is 1. The molecule has 1 aliphatic rings. The molecule has 0 fully saturated rings. The van der Waals surface area contributed by atoms with Crippen molar-refractivity contribution in [3.8, 4) is 11.5 Å². The van der Waals surface area contributed by atoms with Crippen molar-refractivity contribution in [2.45, 2.75) is 138 Å². The van der Waals surface area contributed by atoms with E-state index < -0.39 is 5.97 Å². The number of amides is 1. The van der Waals surface area contributed by atoms with E-state index in [4.69, 9.17) is 9.47 Å². The van der Waals surface area contributed by atoms with Gasteiger partial charge in [-0.2, -0.15) is 0 Å². The minimum absolute atomic E-state index is 0.0361. The van der Waals surface area contributed by atoms with Gasteiger partial charge in [-0.3, -0.25) is 9.59 Å². The third-order valence-electron chi connectivity index (χ3n) is 9.03. The van der Waals surface area contributed by atoms with Gasteiger partial charge in [0.2, 0.25) is 5.91 Å².